The van der Waals surface area contributed by atoms with Gasteiger partial charge in [0.25, 0.3) is 10.2 Å². The van der Waals surface area contributed by atoms with Gasteiger partial charge in [-0.25, -0.2) is 0 Å². The Hall–Kier alpha value is -0.765. The van der Waals surface area contributed by atoms with Crippen LogP contribution in [0.3, 0.4) is 0 Å². The summed E-state index contributed by atoms with van der Waals surface area (Å²) in [6.45, 7) is -1.81. The van der Waals surface area contributed by atoms with E-state index in [4.69, 9.17) is 21.5 Å². The Morgan fingerprint density at radius 2 is 2.00 bits per heavy atom. The van der Waals surface area contributed by atoms with Gasteiger partial charge >= 0.3 is 13.4 Å². The molecule has 0 amide bonds. The van der Waals surface area contributed by atoms with E-state index < -0.39 is 53.0 Å². The van der Waals surface area contributed by atoms with Crippen LogP contribution in [0.4, 0.5) is 13.2 Å². The molecule has 0 aliphatic carbocycles. The maximum Gasteiger partial charge on any atom is 0.474 e. The molecule has 0 bridgehead atoms. The maximum atomic E-state index is 12.9. The van der Waals surface area contributed by atoms with Gasteiger partial charge in [0.15, 0.2) is 0 Å². The number of rotatable bonds is 8. The summed E-state index contributed by atoms with van der Waals surface area (Å²) in [6.07, 6.45) is -3.76. The van der Waals surface area contributed by atoms with Gasteiger partial charge < -0.3 is 21.5 Å². The van der Waals surface area contributed by atoms with E-state index in [0.717, 1.165) is 0 Å². The molecule has 6 N–H and O–H groups in total. The number of aliphatic imine (C=N–C) groups is 1. The van der Waals surface area contributed by atoms with Crippen LogP contribution in [0.1, 0.15) is 0 Å². The quantitative estimate of drug-likeness (QED) is 0.216. The molecule has 1 saturated heterocycles. The average molecular weight is 375 g/mol. The Labute approximate surface area is 138 Å². The van der Waals surface area contributed by atoms with Gasteiger partial charge in [0.05, 0.1) is 0 Å². The minimum absolute atomic E-state index is 0.0151. The van der Waals surface area contributed by atoms with E-state index in [2.05, 4.69) is 4.99 Å². The van der Waals surface area contributed by atoms with Crippen LogP contribution in [-0.2, 0) is 10.2 Å². The minimum atomic E-state index is -5.08. The molecular formula is C10H21BF3N5O4S. The molecule has 0 aromatic rings. The molecule has 0 aromatic carbocycles. The number of halogens is 3. The molecule has 0 radical (unpaired) electrons. The summed E-state index contributed by atoms with van der Waals surface area (Å²) < 4.78 is 63.2. The SMILES string of the molecule is NCCN(C(F)(F)F)S(=O)(=O)N1C[C@H](N)[C@@H](C=NCCB(O)O)C1. The third-order valence-electron chi connectivity index (χ3n) is 3.41. The van der Waals surface area contributed by atoms with Gasteiger partial charge in [0.2, 0.25) is 0 Å². The fourth-order valence-electron chi connectivity index (χ4n) is 2.19. The van der Waals surface area contributed by atoms with Crippen LogP contribution in [0.15, 0.2) is 4.99 Å². The van der Waals surface area contributed by atoms with Crippen molar-refractivity contribution in [2.45, 2.75) is 18.7 Å². The van der Waals surface area contributed by atoms with Gasteiger partial charge in [-0.1, -0.05) is 4.31 Å². The second-order valence-electron chi connectivity index (χ2n) is 5.31. The molecule has 1 aliphatic rings. The lowest BCUT2D eigenvalue weighted by molar-refractivity contribution is -0.210. The van der Waals surface area contributed by atoms with Crippen molar-refractivity contribution in [2.24, 2.45) is 22.4 Å². The van der Waals surface area contributed by atoms with Crippen molar-refractivity contribution in [2.75, 3.05) is 32.7 Å². The van der Waals surface area contributed by atoms with Crippen LogP contribution >= 0.6 is 0 Å². The molecule has 1 rings (SSSR count). The smallest absolute Gasteiger partial charge is 0.427 e. The number of hydrogen-bond donors (Lipinski definition) is 4. The highest BCUT2D eigenvalue weighted by Gasteiger charge is 2.49. The van der Waals surface area contributed by atoms with Crippen molar-refractivity contribution in [3.8, 4) is 0 Å². The zero-order valence-corrected chi connectivity index (χ0v) is 13.6. The molecule has 1 aliphatic heterocycles. The Morgan fingerprint density at radius 1 is 1.38 bits per heavy atom. The van der Waals surface area contributed by atoms with Crippen molar-refractivity contribution in [3.05, 3.63) is 0 Å². The van der Waals surface area contributed by atoms with Gasteiger partial charge in [-0.05, 0) is 0 Å². The molecule has 140 valence electrons. The summed E-state index contributed by atoms with van der Waals surface area (Å²) in [6, 6.07) is -0.712. The fourth-order valence-corrected chi connectivity index (χ4v) is 3.79. The van der Waals surface area contributed by atoms with E-state index in [1.54, 1.807) is 0 Å². The number of hydrogen-bond acceptors (Lipinski definition) is 7. The van der Waals surface area contributed by atoms with Crippen LogP contribution in [0, 0.1) is 5.92 Å². The first kappa shape index (κ1) is 21.3. The number of alkyl halides is 3. The number of nitrogens with zero attached hydrogens (tertiary/aromatic N) is 3. The highest BCUT2D eigenvalue weighted by Crippen LogP contribution is 2.28. The highest BCUT2D eigenvalue weighted by molar-refractivity contribution is 7.86. The highest BCUT2D eigenvalue weighted by atomic mass is 32.2. The summed E-state index contributed by atoms with van der Waals surface area (Å²) in [7, 11) is -6.31. The van der Waals surface area contributed by atoms with E-state index in [9.17, 15) is 21.6 Å². The van der Waals surface area contributed by atoms with Gasteiger partial charge in [-0.15, -0.1) is 0 Å². The molecule has 0 spiro atoms. The van der Waals surface area contributed by atoms with Crippen molar-refractivity contribution in [3.63, 3.8) is 0 Å². The Kier molecular flexibility index (Phi) is 7.58. The largest absolute Gasteiger partial charge is 0.474 e. The van der Waals surface area contributed by atoms with E-state index in [1.807, 2.05) is 0 Å². The molecule has 9 nitrogen and oxygen atoms in total. The Bertz CT molecular complexity index is 533. The second kappa shape index (κ2) is 8.55. The van der Waals surface area contributed by atoms with Crippen LogP contribution in [0.5, 0.6) is 0 Å². The Morgan fingerprint density at radius 3 is 2.50 bits per heavy atom. The maximum absolute atomic E-state index is 12.9. The molecule has 24 heavy (non-hydrogen) atoms. The summed E-state index contributed by atoms with van der Waals surface area (Å²) in [5.41, 5.74) is 10.8. The summed E-state index contributed by atoms with van der Waals surface area (Å²) >= 11 is 0. The van der Waals surface area contributed by atoms with Crippen molar-refractivity contribution < 1.29 is 31.6 Å². The van der Waals surface area contributed by atoms with Gasteiger partial charge in [0.1, 0.15) is 0 Å². The first-order chi connectivity index (χ1) is 11.0. The third kappa shape index (κ3) is 5.65. The van der Waals surface area contributed by atoms with E-state index in [0.29, 0.717) is 4.31 Å². The lowest BCUT2D eigenvalue weighted by atomic mass is 9.87. The molecule has 2 atom stereocenters. The first-order valence-electron chi connectivity index (χ1n) is 7.16. The first-order valence-corrected chi connectivity index (χ1v) is 8.56. The monoisotopic (exact) mass is 375 g/mol. The zero-order valence-electron chi connectivity index (χ0n) is 12.8. The molecular weight excluding hydrogens is 354 g/mol. The van der Waals surface area contributed by atoms with Crippen LogP contribution in [0.2, 0.25) is 6.32 Å². The Balaban J connectivity index is 2.80. The molecule has 14 heteroatoms. The van der Waals surface area contributed by atoms with Gasteiger partial charge in [0, 0.05) is 57.2 Å². The molecule has 1 heterocycles. The van der Waals surface area contributed by atoms with Crippen LogP contribution < -0.4 is 11.5 Å². The van der Waals surface area contributed by atoms with Crippen LogP contribution in [0.25, 0.3) is 0 Å². The molecule has 0 aromatic heterocycles. The summed E-state index contributed by atoms with van der Waals surface area (Å²) in [4.78, 5) is 3.89. The van der Waals surface area contributed by atoms with Crippen LogP contribution in [-0.4, -0.2) is 85.5 Å². The topological polar surface area (TPSA) is 145 Å². The predicted molar refractivity (Wildman–Crippen MR) is 82.1 cm³/mol. The standard InChI is InChI=1S/C10H21BF3N5O4S/c12-10(13,14)19(4-2-15)24(22,23)18-6-8(9(16)7-18)5-17-3-1-11(20)21/h5,8-9,20-21H,1-4,6-7,15-16H2/t8-,9-/m0/s1. The predicted octanol–water partition coefficient (Wildman–Crippen LogP) is -2.19. The molecule has 0 unspecified atom stereocenters. The van der Waals surface area contributed by atoms with E-state index >= 15 is 0 Å². The van der Waals surface area contributed by atoms with E-state index in [1.165, 1.54) is 6.21 Å². The van der Waals surface area contributed by atoms with E-state index in [-0.39, 0.29) is 26.0 Å². The van der Waals surface area contributed by atoms with Gasteiger partial charge in [-0.2, -0.15) is 25.9 Å². The number of nitrogens with two attached hydrogens (primary N) is 2. The summed E-state index contributed by atoms with van der Waals surface area (Å²) in [5, 5.41) is 17.4. The molecule has 1 fully saturated rings. The second-order valence-corrected chi connectivity index (χ2v) is 7.16. The van der Waals surface area contributed by atoms with Crippen molar-refractivity contribution in [1.82, 2.24) is 8.61 Å². The minimum Gasteiger partial charge on any atom is -0.427 e. The lowest BCUT2D eigenvalue weighted by Crippen LogP contribution is -2.51. The zero-order chi connectivity index (χ0) is 18.5. The third-order valence-corrected chi connectivity index (χ3v) is 5.31. The lowest BCUT2D eigenvalue weighted by Gasteiger charge is -2.28. The van der Waals surface area contributed by atoms with Crippen molar-refractivity contribution >= 4 is 23.5 Å². The fraction of sp³-hybridized carbons (Fsp3) is 0.900. The molecule has 0 saturated carbocycles. The normalized spacial score (nSPS) is 23.5. The van der Waals surface area contributed by atoms with Crippen molar-refractivity contribution in [1.29, 1.82) is 0 Å². The van der Waals surface area contributed by atoms with Gasteiger partial charge in [-0.3, -0.25) is 4.99 Å². The summed E-state index contributed by atoms with van der Waals surface area (Å²) in [5.74, 6) is -0.566. The average Bonchev–Trinajstić information content (AvgIpc) is 2.81.